The van der Waals surface area contributed by atoms with E-state index < -0.39 is 17.8 Å². The zero-order chi connectivity index (χ0) is 19.5. The molecule has 0 aliphatic rings. The Morgan fingerprint density at radius 3 is 2.31 bits per heavy atom. The third-order valence-corrected chi connectivity index (χ3v) is 3.44. The lowest BCUT2D eigenvalue weighted by atomic mass is 10.1. The molecule has 0 radical (unpaired) electrons. The first-order valence-corrected chi connectivity index (χ1v) is 8.32. The van der Waals surface area contributed by atoms with Crippen molar-refractivity contribution in [1.82, 2.24) is 10.6 Å². The number of unbranched alkanes of at least 4 members (excludes halogenated alkanes) is 1. The fourth-order valence-corrected chi connectivity index (χ4v) is 2.05. The number of nitrogens with one attached hydrogen (secondary N) is 3. The van der Waals surface area contributed by atoms with E-state index in [4.69, 9.17) is 5.73 Å². The minimum Gasteiger partial charge on any atom is -0.399 e. The van der Waals surface area contributed by atoms with Crippen LogP contribution in [0, 0.1) is 11.3 Å². The largest absolute Gasteiger partial charge is 0.399 e. The van der Waals surface area contributed by atoms with Gasteiger partial charge in [0.25, 0.3) is 5.91 Å². The Hall–Kier alpha value is -3.34. The smallest absolute Gasteiger partial charge is 0.328 e. The van der Waals surface area contributed by atoms with Crippen LogP contribution >= 0.6 is 0 Å². The van der Waals surface area contributed by atoms with Crippen LogP contribution in [0.5, 0.6) is 0 Å². The number of amides is 4. The van der Waals surface area contributed by atoms with Crippen molar-refractivity contribution in [3.8, 4) is 6.07 Å². The Morgan fingerprint density at radius 2 is 1.77 bits per heavy atom. The Labute approximate surface area is 152 Å². The first-order chi connectivity index (χ1) is 12.4. The van der Waals surface area contributed by atoms with Gasteiger partial charge in [-0.3, -0.25) is 20.2 Å². The fraction of sp³-hybridized carbons (Fsp3) is 0.333. The summed E-state index contributed by atoms with van der Waals surface area (Å²) in [6.07, 6.45) is 2.00. The van der Waals surface area contributed by atoms with E-state index in [1.807, 2.05) is 12.2 Å². The van der Waals surface area contributed by atoms with Gasteiger partial charge in [-0.25, -0.2) is 4.79 Å². The summed E-state index contributed by atoms with van der Waals surface area (Å²) in [7, 11) is 0. The van der Waals surface area contributed by atoms with E-state index in [2.05, 4.69) is 10.6 Å². The molecule has 5 N–H and O–H groups in total. The second-order valence-electron chi connectivity index (χ2n) is 5.50. The number of carbonyl (C=O) groups excluding carboxylic acids is 3. The highest BCUT2D eigenvalue weighted by atomic mass is 16.2. The number of allylic oxidation sites excluding steroid dienone is 1. The topological polar surface area (TPSA) is 137 Å². The SMILES string of the molecule is CCCCC(=O)NC(=O)NC(=O)/C(C#N)=C(/CC)Nc1ccc(N)cc1. The summed E-state index contributed by atoms with van der Waals surface area (Å²) in [6.45, 7) is 3.68. The molecule has 0 bridgehead atoms. The minimum absolute atomic E-state index is 0.192. The van der Waals surface area contributed by atoms with Crippen LogP contribution in [0.1, 0.15) is 39.5 Å². The number of nitrogens with two attached hydrogens (primary N) is 1. The molecule has 1 rings (SSSR count). The van der Waals surface area contributed by atoms with E-state index in [9.17, 15) is 19.6 Å². The molecular weight excluding hydrogens is 334 g/mol. The lowest BCUT2D eigenvalue weighted by molar-refractivity contribution is -0.120. The summed E-state index contributed by atoms with van der Waals surface area (Å²) in [6, 6.07) is 7.61. The molecule has 0 fully saturated rings. The van der Waals surface area contributed by atoms with Gasteiger partial charge in [-0.15, -0.1) is 0 Å². The van der Waals surface area contributed by atoms with Crippen LogP contribution in [0.4, 0.5) is 16.2 Å². The van der Waals surface area contributed by atoms with Gasteiger partial charge in [0.15, 0.2) is 0 Å². The molecule has 1 aromatic rings. The van der Waals surface area contributed by atoms with Gasteiger partial charge in [0.05, 0.1) is 0 Å². The Balaban J connectivity index is 2.82. The maximum atomic E-state index is 12.2. The molecule has 0 aliphatic carbocycles. The maximum absolute atomic E-state index is 12.2. The van der Waals surface area contributed by atoms with E-state index in [1.165, 1.54) is 0 Å². The monoisotopic (exact) mass is 357 g/mol. The molecule has 0 unspecified atom stereocenters. The second kappa shape index (κ2) is 10.5. The van der Waals surface area contributed by atoms with Crippen molar-refractivity contribution in [2.24, 2.45) is 0 Å². The normalized spacial score (nSPS) is 11.0. The highest BCUT2D eigenvalue weighted by Crippen LogP contribution is 2.16. The first-order valence-electron chi connectivity index (χ1n) is 8.32. The van der Waals surface area contributed by atoms with E-state index >= 15 is 0 Å². The van der Waals surface area contributed by atoms with E-state index in [0.717, 1.165) is 6.42 Å². The van der Waals surface area contributed by atoms with Crippen molar-refractivity contribution >= 4 is 29.2 Å². The molecule has 0 saturated heterocycles. The minimum atomic E-state index is -0.952. The highest BCUT2D eigenvalue weighted by Gasteiger charge is 2.18. The van der Waals surface area contributed by atoms with Gasteiger partial charge in [0.1, 0.15) is 11.6 Å². The predicted octanol–water partition coefficient (Wildman–Crippen LogP) is 2.41. The van der Waals surface area contributed by atoms with E-state index in [-0.39, 0.29) is 12.0 Å². The van der Waals surface area contributed by atoms with Crippen molar-refractivity contribution < 1.29 is 14.4 Å². The van der Waals surface area contributed by atoms with Crippen LogP contribution < -0.4 is 21.7 Å². The lowest BCUT2D eigenvalue weighted by Crippen LogP contribution is -2.43. The molecule has 138 valence electrons. The van der Waals surface area contributed by atoms with Gasteiger partial charge in [-0.1, -0.05) is 20.3 Å². The van der Waals surface area contributed by atoms with Crippen LogP contribution in [0.3, 0.4) is 0 Å². The summed E-state index contributed by atoms with van der Waals surface area (Å²) in [5.41, 5.74) is 6.96. The second-order valence-corrected chi connectivity index (χ2v) is 5.50. The standard InChI is InChI=1S/C18H23N5O3/c1-3-5-6-16(24)22-18(26)23-17(25)14(11-19)15(4-2)21-13-9-7-12(20)8-10-13/h7-10,21H,3-6,20H2,1-2H3,(H2,22,23,24,25,26)/b15-14-. The third kappa shape index (κ3) is 6.65. The molecule has 1 aromatic carbocycles. The number of nitriles is 1. The summed E-state index contributed by atoms with van der Waals surface area (Å²) >= 11 is 0. The third-order valence-electron chi connectivity index (χ3n) is 3.44. The number of anilines is 2. The number of carbonyl (C=O) groups is 3. The lowest BCUT2D eigenvalue weighted by Gasteiger charge is -2.12. The summed E-state index contributed by atoms with van der Waals surface area (Å²) in [4.78, 5) is 35.4. The van der Waals surface area contributed by atoms with Gasteiger partial charge >= 0.3 is 6.03 Å². The highest BCUT2D eigenvalue weighted by molar-refractivity contribution is 6.09. The summed E-state index contributed by atoms with van der Waals surface area (Å²) in [5.74, 6) is -1.36. The average Bonchev–Trinajstić information content (AvgIpc) is 2.61. The molecule has 0 atom stereocenters. The van der Waals surface area contributed by atoms with Gasteiger partial charge in [-0.2, -0.15) is 5.26 Å². The van der Waals surface area contributed by atoms with Crippen molar-refractivity contribution in [2.75, 3.05) is 11.1 Å². The molecule has 0 saturated carbocycles. The molecule has 8 nitrogen and oxygen atoms in total. The van der Waals surface area contributed by atoms with Gasteiger partial charge in [-0.05, 0) is 37.1 Å². The number of hydrogen-bond donors (Lipinski definition) is 4. The molecule has 0 spiro atoms. The van der Waals surface area contributed by atoms with Gasteiger partial charge < -0.3 is 11.1 Å². The number of rotatable bonds is 7. The van der Waals surface area contributed by atoms with Crippen LogP contribution in [0.2, 0.25) is 0 Å². The number of urea groups is 1. The predicted molar refractivity (Wildman–Crippen MR) is 98.6 cm³/mol. The molecule has 4 amide bonds. The molecular formula is C18H23N5O3. The summed E-state index contributed by atoms with van der Waals surface area (Å²) in [5, 5.41) is 16.3. The number of imide groups is 2. The van der Waals surface area contributed by atoms with Crippen molar-refractivity contribution in [3.05, 3.63) is 35.5 Å². The average molecular weight is 357 g/mol. The molecule has 0 aliphatic heterocycles. The maximum Gasteiger partial charge on any atom is 0.328 e. The van der Waals surface area contributed by atoms with E-state index in [1.54, 1.807) is 37.3 Å². The Morgan fingerprint density at radius 1 is 1.12 bits per heavy atom. The Kier molecular flexibility index (Phi) is 8.37. The quantitative estimate of drug-likeness (QED) is 0.336. The van der Waals surface area contributed by atoms with E-state index in [0.29, 0.717) is 29.9 Å². The fourth-order valence-electron chi connectivity index (χ4n) is 2.05. The van der Waals surface area contributed by atoms with Crippen LogP contribution in [-0.4, -0.2) is 17.8 Å². The number of nitrogens with zero attached hydrogens (tertiary/aromatic N) is 1. The van der Waals surface area contributed by atoms with Crippen molar-refractivity contribution in [2.45, 2.75) is 39.5 Å². The van der Waals surface area contributed by atoms with Crippen LogP contribution in [0.15, 0.2) is 35.5 Å². The van der Waals surface area contributed by atoms with Gasteiger partial charge in [0, 0.05) is 23.5 Å². The molecule has 26 heavy (non-hydrogen) atoms. The molecule has 0 aromatic heterocycles. The summed E-state index contributed by atoms with van der Waals surface area (Å²) < 4.78 is 0. The number of hydrogen-bond acceptors (Lipinski definition) is 6. The Bertz CT molecular complexity index is 732. The van der Waals surface area contributed by atoms with Crippen LogP contribution in [0.25, 0.3) is 0 Å². The zero-order valence-electron chi connectivity index (χ0n) is 14.9. The van der Waals surface area contributed by atoms with Gasteiger partial charge in [0.2, 0.25) is 5.91 Å². The van der Waals surface area contributed by atoms with Crippen molar-refractivity contribution in [3.63, 3.8) is 0 Å². The van der Waals surface area contributed by atoms with Crippen LogP contribution in [-0.2, 0) is 9.59 Å². The molecule has 8 heteroatoms. The first kappa shape index (κ1) is 20.7. The number of benzene rings is 1. The molecule has 0 heterocycles. The van der Waals surface area contributed by atoms with Crippen molar-refractivity contribution in [1.29, 1.82) is 5.26 Å². The number of nitrogen functional groups attached to an aromatic ring is 1. The zero-order valence-corrected chi connectivity index (χ0v) is 14.9.